The van der Waals surface area contributed by atoms with Crippen LogP contribution >= 0.6 is 15.9 Å². The molecule has 0 saturated heterocycles. The molecule has 0 radical (unpaired) electrons. The van der Waals surface area contributed by atoms with Crippen molar-refractivity contribution in [3.63, 3.8) is 0 Å². The molecule has 6 nitrogen and oxygen atoms in total. The number of hydrogen-bond acceptors (Lipinski definition) is 5. The van der Waals surface area contributed by atoms with Crippen molar-refractivity contribution in [1.29, 1.82) is 0 Å². The molecule has 0 bridgehead atoms. The highest BCUT2D eigenvalue weighted by molar-refractivity contribution is 9.10. The molecule has 0 aliphatic carbocycles. The molecule has 3 aromatic rings. The third-order valence-corrected chi connectivity index (χ3v) is 4.15. The smallest absolute Gasteiger partial charge is 0.227 e. The van der Waals surface area contributed by atoms with Gasteiger partial charge in [-0.05, 0) is 36.8 Å². The number of benzene rings is 1. The summed E-state index contributed by atoms with van der Waals surface area (Å²) >= 11 is 3.43. The number of rotatable bonds is 6. The summed E-state index contributed by atoms with van der Waals surface area (Å²) in [5, 5.41) is 6.87. The van der Waals surface area contributed by atoms with Gasteiger partial charge in [-0.3, -0.25) is 9.78 Å². The van der Waals surface area contributed by atoms with Crippen LogP contribution in [0.1, 0.15) is 30.8 Å². The predicted octanol–water partition coefficient (Wildman–Crippen LogP) is 3.70. The van der Waals surface area contributed by atoms with Gasteiger partial charge < -0.3 is 9.84 Å². The molecule has 0 aliphatic rings. The van der Waals surface area contributed by atoms with Gasteiger partial charge in [0, 0.05) is 23.5 Å². The van der Waals surface area contributed by atoms with Gasteiger partial charge in [0.15, 0.2) is 0 Å². The SMILES string of the molecule is CC(NC(=O)CCc1nc(-c2ccccn2)no1)c1cccc(Br)c1. The zero-order valence-corrected chi connectivity index (χ0v) is 15.2. The van der Waals surface area contributed by atoms with Crippen LogP contribution in [0.5, 0.6) is 0 Å². The van der Waals surface area contributed by atoms with Crippen molar-refractivity contribution in [2.24, 2.45) is 0 Å². The first-order valence-corrected chi connectivity index (χ1v) is 8.70. The van der Waals surface area contributed by atoms with Crippen LogP contribution in [0.25, 0.3) is 11.5 Å². The Morgan fingerprint density at radius 1 is 1.28 bits per heavy atom. The zero-order chi connectivity index (χ0) is 17.6. The van der Waals surface area contributed by atoms with Crippen LogP contribution in [-0.2, 0) is 11.2 Å². The first-order valence-electron chi connectivity index (χ1n) is 7.90. The number of nitrogens with zero attached hydrogens (tertiary/aromatic N) is 3. The maximum Gasteiger partial charge on any atom is 0.227 e. The Balaban J connectivity index is 1.53. The second-order valence-electron chi connectivity index (χ2n) is 5.57. The summed E-state index contributed by atoms with van der Waals surface area (Å²) in [6, 6.07) is 13.3. The summed E-state index contributed by atoms with van der Waals surface area (Å²) in [5.41, 5.74) is 1.68. The Morgan fingerprint density at radius 3 is 2.92 bits per heavy atom. The van der Waals surface area contributed by atoms with Gasteiger partial charge in [-0.25, -0.2) is 0 Å². The van der Waals surface area contributed by atoms with Gasteiger partial charge >= 0.3 is 0 Å². The number of aromatic nitrogens is 3. The summed E-state index contributed by atoms with van der Waals surface area (Å²) in [6.45, 7) is 1.95. The topological polar surface area (TPSA) is 80.9 Å². The lowest BCUT2D eigenvalue weighted by atomic mass is 10.1. The maximum atomic E-state index is 12.1. The fraction of sp³-hybridized carbons (Fsp3) is 0.222. The average molecular weight is 401 g/mol. The van der Waals surface area contributed by atoms with Crippen LogP contribution in [0.2, 0.25) is 0 Å². The molecular formula is C18H17BrN4O2. The molecule has 25 heavy (non-hydrogen) atoms. The molecule has 1 unspecified atom stereocenters. The van der Waals surface area contributed by atoms with Gasteiger partial charge in [0.1, 0.15) is 5.69 Å². The second-order valence-corrected chi connectivity index (χ2v) is 6.49. The van der Waals surface area contributed by atoms with E-state index in [4.69, 9.17) is 4.52 Å². The number of pyridine rings is 1. The number of hydrogen-bond donors (Lipinski definition) is 1. The van der Waals surface area contributed by atoms with Gasteiger partial charge in [-0.15, -0.1) is 0 Å². The van der Waals surface area contributed by atoms with Gasteiger partial charge in [-0.1, -0.05) is 39.3 Å². The fourth-order valence-electron chi connectivity index (χ4n) is 2.35. The molecule has 0 aliphatic heterocycles. The van der Waals surface area contributed by atoms with Crippen molar-refractivity contribution in [2.75, 3.05) is 0 Å². The van der Waals surface area contributed by atoms with Crippen molar-refractivity contribution >= 4 is 21.8 Å². The Labute approximate surface area is 153 Å². The normalized spacial score (nSPS) is 11.9. The molecule has 128 valence electrons. The van der Waals surface area contributed by atoms with E-state index in [1.807, 2.05) is 43.3 Å². The number of carbonyl (C=O) groups is 1. The fourth-order valence-corrected chi connectivity index (χ4v) is 2.77. The maximum absolute atomic E-state index is 12.1. The molecule has 2 heterocycles. The number of halogens is 1. The Hall–Kier alpha value is -2.54. The first-order chi connectivity index (χ1) is 12.1. The minimum atomic E-state index is -0.0724. The number of nitrogens with one attached hydrogen (secondary N) is 1. The summed E-state index contributed by atoms with van der Waals surface area (Å²) in [5.74, 6) is 0.787. The van der Waals surface area contributed by atoms with Crippen LogP contribution in [0.3, 0.4) is 0 Å². The highest BCUT2D eigenvalue weighted by Gasteiger charge is 2.13. The number of amides is 1. The molecule has 2 aromatic heterocycles. The van der Waals surface area contributed by atoms with Gasteiger partial charge in [-0.2, -0.15) is 4.98 Å². The lowest BCUT2D eigenvalue weighted by molar-refractivity contribution is -0.121. The van der Waals surface area contributed by atoms with Crippen LogP contribution in [-0.4, -0.2) is 21.0 Å². The third kappa shape index (κ3) is 4.73. The van der Waals surface area contributed by atoms with E-state index >= 15 is 0 Å². The molecule has 1 aromatic carbocycles. The van der Waals surface area contributed by atoms with E-state index < -0.39 is 0 Å². The van der Waals surface area contributed by atoms with Gasteiger partial charge in [0.2, 0.25) is 17.6 Å². The molecule has 1 atom stereocenters. The van der Waals surface area contributed by atoms with Crippen molar-refractivity contribution in [3.8, 4) is 11.5 Å². The monoisotopic (exact) mass is 400 g/mol. The first kappa shape index (κ1) is 17.3. The molecule has 3 rings (SSSR count). The Kier molecular flexibility index (Phi) is 5.55. The standard InChI is InChI=1S/C18H17BrN4O2/c1-12(13-5-4-6-14(19)11-13)21-16(24)8-9-17-22-18(23-25-17)15-7-2-3-10-20-15/h2-7,10-12H,8-9H2,1H3,(H,21,24). The molecule has 0 saturated carbocycles. The quantitative estimate of drug-likeness (QED) is 0.681. The zero-order valence-electron chi connectivity index (χ0n) is 13.6. The van der Waals surface area contributed by atoms with Crippen LogP contribution in [0.4, 0.5) is 0 Å². The molecule has 7 heteroatoms. The summed E-state index contributed by atoms with van der Waals surface area (Å²) in [6.07, 6.45) is 2.33. The van der Waals surface area contributed by atoms with Crippen molar-refractivity contribution < 1.29 is 9.32 Å². The summed E-state index contributed by atoms with van der Waals surface area (Å²) in [7, 11) is 0. The lowest BCUT2D eigenvalue weighted by Gasteiger charge is -2.14. The van der Waals surface area contributed by atoms with E-state index in [0.717, 1.165) is 10.0 Å². The van der Waals surface area contributed by atoms with E-state index in [9.17, 15) is 4.79 Å². The van der Waals surface area contributed by atoms with E-state index in [1.165, 1.54) is 0 Å². The summed E-state index contributed by atoms with van der Waals surface area (Å²) in [4.78, 5) is 20.6. The number of carbonyl (C=O) groups excluding carboxylic acids is 1. The number of aryl methyl sites for hydroxylation is 1. The highest BCUT2D eigenvalue weighted by Crippen LogP contribution is 2.18. The van der Waals surface area contributed by atoms with E-state index in [-0.39, 0.29) is 18.4 Å². The van der Waals surface area contributed by atoms with E-state index in [2.05, 4.69) is 36.4 Å². The van der Waals surface area contributed by atoms with Crippen LogP contribution < -0.4 is 5.32 Å². The minimum absolute atomic E-state index is 0.0648. The highest BCUT2D eigenvalue weighted by atomic mass is 79.9. The van der Waals surface area contributed by atoms with E-state index in [0.29, 0.717) is 23.8 Å². The van der Waals surface area contributed by atoms with Crippen LogP contribution in [0, 0.1) is 0 Å². The minimum Gasteiger partial charge on any atom is -0.350 e. The summed E-state index contributed by atoms with van der Waals surface area (Å²) < 4.78 is 6.17. The molecule has 1 amide bonds. The average Bonchev–Trinajstić information content (AvgIpc) is 3.10. The van der Waals surface area contributed by atoms with Gasteiger partial charge in [0.25, 0.3) is 0 Å². The lowest BCUT2D eigenvalue weighted by Crippen LogP contribution is -2.26. The Bertz CT molecular complexity index is 851. The predicted molar refractivity (Wildman–Crippen MR) is 96.5 cm³/mol. The Morgan fingerprint density at radius 2 is 2.16 bits per heavy atom. The largest absolute Gasteiger partial charge is 0.350 e. The van der Waals surface area contributed by atoms with E-state index in [1.54, 1.807) is 12.3 Å². The molecular weight excluding hydrogens is 384 g/mol. The van der Waals surface area contributed by atoms with Crippen LogP contribution in [0.15, 0.2) is 57.7 Å². The second kappa shape index (κ2) is 8.02. The van der Waals surface area contributed by atoms with Crippen molar-refractivity contribution in [2.45, 2.75) is 25.8 Å². The third-order valence-electron chi connectivity index (χ3n) is 3.65. The van der Waals surface area contributed by atoms with Crippen molar-refractivity contribution in [3.05, 3.63) is 64.6 Å². The molecule has 1 N–H and O–H groups in total. The molecule has 0 spiro atoms. The molecule has 0 fully saturated rings. The van der Waals surface area contributed by atoms with Crippen molar-refractivity contribution in [1.82, 2.24) is 20.4 Å². The van der Waals surface area contributed by atoms with Gasteiger partial charge in [0.05, 0.1) is 6.04 Å².